The van der Waals surface area contributed by atoms with Gasteiger partial charge in [-0.1, -0.05) is 48.5 Å². The van der Waals surface area contributed by atoms with E-state index in [-0.39, 0.29) is 44.1 Å². The highest BCUT2D eigenvalue weighted by Gasteiger charge is 2.32. The van der Waals surface area contributed by atoms with Crippen LogP contribution in [0.25, 0.3) is 11.1 Å². The molecule has 180 valence electrons. The average Bonchev–Trinajstić information content (AvgIpc) is 3.39. The number of rotatable bonds is 8. The minimum absolute atomic E-state index is 0.0365. The fraction of sp³-hybridized carbons (Fsp3) is 0.423. The van der Waals surface area contributed by atoms with Crippen molar-refractivity contribution in [2.75, 3.05) is 19.8 Å². The van der Waals surface area contributed by atoms with E-state index in [0.29, 0.717) is 6.42 Å². The van der Waals surface area contributed by atoms with Gasteiger partial charge in [0.2, 0.25) is 5.91 Å². The number of fused-ring (bicyclic) bond motifs is 3. The van der Waals surface area contributed by atoms with E-state index in [4.69, 9.17) is 14.6 Å². The lowest BCUT2D eigenvalue weighted by Gasteiger charge is -2.26. The van der Waals surface area contributed by atoms with Crippen LogP contribution in [-0.4, -0.2) is 54.5 Å². The average molecular weight is 467 g/mol. The number of ether oxygens (including phenoxy) is 2. The Balaban J connectivity index is 1.26. The summed E-state index contributed by atoms with van der Waals surface area (Å²) in [5, 5.41) is 14.6. The Morgan fingerprint density at radius 1 is 1.06 bits per heavy atom. The molecule has 2 aromatic rings. The van der Waals surface area contributed by atoms with Gasteiger partial charge in [-0.3, -0.25) is 9.59 Å². The predicted molar refractivity (Wildman–Crippen MR) is 125 cm³/mol. The number of alkyl carbamates (subject to hydrolysis) is 1. The maximum Gasteiger partial charge on any atom is 0.407 e. The first-order valence-corrected chi connectivity index (χ1v) is 11.5. The summed E-state index contributed by atoms with van der Waals surface area (Å²) in [6.45, 7) is 4.10. The van der Waals surface area contributed by atoms with Crippen molar-refractivity contribution in [3.63, 3.8) is 0 Å². The largest absolute Gasteiger partial charge is 0.481 e. The molecule has 8 nitrogen and oxygen atoms in total. The van der Waals surface area contributed by atoms with Crippen LogP contribution < -0.4 is 10.6 Å². The van der Waals surface area contributed by atoms with Crippen molar-refractivity contribution in [3.8, 4) is 11.1 Å². The molecule has 8 heteroatoms. The number of hydrogen-bond donors (Lipinski definition) is 3. The highest BCUT2D eigenvalue weighted by Crippen LogP contribution is 2.44. The number of nitrogens with one attached hydrogen (secondary N) is 2. The molecule has 0 saturated carbocycles. The van der Waals surface area contributed by atoms with Crippen molar-refractivity contribution < 1.29 is 29.0 Å². The quantitative estimate of drug-likeness (QED) is 0.550. The molecule has 2 aliphatic rings. The van der Waals surface area contributed by atoms with Crippen LogP contribution in [0.15, 0.2) is 48.5 Å². The highest BCUT2D eigenvalue weighted by molar-refractivity contribution is 5.80. The summed E-state index contributed by atoms with van der Waals surface area (Å²) in [7, 11) is 0. The van der Waals surface area contributed by atoms with Gasteiger partial charge in [0.1, 0.15) is 6.61 Å². The first kappa shape index (κ1) is 23.8. The molecule has 0 aromatic heterocycles. The van der Waals surface area contributed by atoms with Gasteiger partial charge in [0, 0.05) is 24.4 Å². The Hall–Kier alpha value is -3.39. The third-order valence-corrected chi connectivity index (χ3v) is 6.34. The van der Waals surface area contributed by atoms with Crippen LogP contribution >= 0.6 is 0 Å². The molecule has 1 aliphatic carbocycles. The summed E-state index contributed by atoms with van der Waals surface area (Å²) in [5.74, 6) is -1.72. The summed E-state index contributed by atoms with van der Waals surface area (Å²) < 4.78 is 11.0. The normalized spacial score (nSPS) is 19.2. The maximum absolute atomic E-state index is 12.5. The van der Waals surface area contributed by atoms with Gasteiger partial charge < -0.3 is 25.2 Å². The molecule has 0 bridgehead atoms. The molecular formula is C26H30N2O6. The van der Waals surface area contributed by atoms with Gasteiger partial charge in [0.25, 0.3) is 0 Å². The second-order valence-corrected chi connectivity index (χ2v) is 9.54. The SMILES string of the molecule is CC(C)(CC(=O)NC[C@H]1C[C@@H](C(=O)O)CO1)NC(=O)OCC1c2ccccc2-c2ccccc21. The van der Waals surface area contributed by atoms with Crippen molar-refractivity contribution in [2.45, 2.75) is 44.2 Å². The van der Waals surface area contributed by atoms with E-state index in [0.717, 1.165) is 22.3 Å². The van der Waals surface area contributed by atoms with E-state index >= 15 is 0 Å². The molecule has 2 aromatic carbocycles. The predicted octanol–water partition coefficient (Wildman–Crippen LogP) is 3.30. The number of carbonyl (C=O) groups is 3. The van der Waals surface area contributed by atoms with Gasteiger partial charge in [-0.15, -0.1) is 0 Å². The number of benzene rings is 2. The van der Waals surface area contributed by atoms with E-state index in [1.165, 1.54) is 0 Å². The smallest absolute Gasteiger partial charge is 0.407 e. The first-order valence-electron chi connectivity index (χ1n) is 11.5. The zero-order valence-electron chi connectivity index (χ0n) is 19.4. The monoisotopic (exact) mass is 466 g/mol. The fourth-order valence-corrected chi connectivity index (χ4v) is 4.67. The van der Waals surface area contributed by atoms with E-state index < -0.39 is 23.5 Å². The third kappa shape index (κ3) is 5.39. The molecule has 1 fully saturated rings. The van der Waals surface area contributed by atoms with Crippen LogP contribution in [0.5, 0.6) is 0 Å². The summed E-state index contributed by atoms with van der Waals surface area (Å²) in [4.78, 5) is 35.9. The Morgan fingerprint density at radius 2 is 1.68 bits per heavy atom. The van der Waals surface area contributed by atoms with Crippen molar-refractivity contribution in [2.24, 2.45) is 5.92 Å². The zero-order chi connectivity index (χ0) is 24.3. The molecule has 1 heterocycles. The van der Waals surface area contributed by atoms with Gasteiger partial charge in [0.05, 0.1) is 18.6 Å². The van der Waals surface area contributed by atoms with Crippen LogP contribution in [0.4, 0.5) is 4.79 Å². The van der Waals surface area contributed by atoms with Crippen molar-refractivity contribution in [1.82, 2.24) is 10.6 Å². The van der Waals surface area contributed by atoms with Gasteiger partial charge in [-0.25, -0.2) is 4.79 Å². The molecular weight excluding hydrogens is 436 g/mol. The summed E-state index contributed by atoms with van der Waals surface area (Å²) in [6.07, 6.45) is -0.477. The minimum atomic E-state index is -0.887. The Morgan fingerprint density at radius 3 is 2.26 bits per heavy atom. The number of carbonyl (C=O) groups excluding carboxylic acids is 2. The van der Waals surface area contributed by atoms with Gasteiger partial charge in [-0.2, -0.15) is 0 Å². The number of carboxylic acids is 1. The van der Waals surface area contributed by atoms with E-state index in [9.17, 15) is 14.4 Å². The summed E-state index contributed by atoms with van der Waals surface area (Å²) in [6, 6.07) is 16.2. The van der Waals surface area contributed by atoms with Gasteiger partial charge in [0.15, 0.2) is 0 Å². The maximum atomic E-state index is 12.5. The van der Waals surface area contributed by atoms with Crippen molar-refractivity contribution in [1.29, 1.82) is 0 Å². The van der Waals surface area contributed by atoms with Crippen LogP contribution in [0.3, 0.4) is 0 Å². The third-order valence-electron chi connectivity index (χ3n) is 6.34. The highest BCUT2D eigenvalue weighted by atomic mass is 16.5. The molecule has 34 heavy (non-hydrogen) atoms. The second-order valence-electron chi connectivity index (χ2n) is 9.54. The van der Waals surface area contributed by atoms with Crippen molar-refractivity contribution >= 4 is 18.0 Å². The molecule has 0 spiro atoms. The molecule has 1 saturated heterocycles. The number of carboxylic acid groups (broad SMARTS) is 1. The molecule has 3 N–H and O–H groups in total. The van der Waals surface area contributed by atoms with Crippen molar-refractivity contribution in [3.05, 3.63) is 59.7 Å². The van der Waals surface area contributed by atoms with E-state index in [2.05, 4.69) is 34.9 Å². The first-order chi connectivity index (χ1) is 16.2. The molecule has 2 amide bonds. The second kappa shape index (κ2) is 9.85. The molecule has 4 rings (SSSR count). The Kier molecular flexibility index (Phi) is 6.88. The van der Waals surface area contributed by atoms with Gasteiger partial charge >= 0.3 is 12.1 Å². The zero-order valence-corrected chi connectivity index (χ0v) is 19.4. The molecule has 2 atom stereocenters. The number of amides is 2. The lowest BCUT2D eigenvalue weighted by molar-refractivity contribution is -0.141. The molecule has 0 unspecified atom stereocenters. The van der Waals surface area contributed by atoms with E-state index in [1.54, 1.807) is 13.8 Å². The summed E-state index contributed by atoms with van der Waals surface area (Å²) >= 11 is 0. The lowest BCUT2D eigenvalue weighted by atomic mass is 9.98. The van der Waals surface area contributed by atoms with Crippen LogP contribution in [-0.2, 0) is 19.1 Å². The Bertz CT molecular complexity index is 1040. The standard InChI is InChI=1S/C26H30N2O6/c1-26(2,12-23(29)27-13-17-11-16(14-33-17)24(30)31)28-25(32)34-15-22-20-9-5-3-7-18(20)19-8-4-6-10-21(19)22/h3-10,16-17,22H,11-15H2,1-2H3,(H,27,29)(H,28,32)(H,30,31)/t16-,17-/m1/s1. The molecule has 0 radical (unpaired) electrons. The van der Waals surface area contributed by atoms with Crippen LogP contribution in [0.1, 0.15) is 43.7 Å². The lowest BCUT2D eigenvalue weighted by Crippen LogP contribution is -2.47. The minimum Gasteiger partial charge on any atom is -0.481 e. The number of aliphatic carboxylic acids is 1. The molecule has 1 aliphatic heterocycles. The Labute approximate surface area is 198 Å². The van der Waals surface area contributed by atoms with Crippen LogP contribution in [0, 0.1) is 5.92 Å². The van der Waals surface area contributed by atoms with E-state index in [1.807, 2.05) is 24.3 Å². The topological polar surface area (TPSA) is 114 Å². The summed E-state index contributed by atoms with van der Waals surface area (Å²) in [5.41, 5.74) is 3.76. The van der Waals surface area contributed by atoms with Crippen LogP contribution in [0.2, 0.25) is 0 Å². The number of hydrogen-bond acceptors (Lipinski definition) is 5. The fourth-order valence-electron chi connectivity index (χ4n) is 4.67. The van der Waals surface area contributed by atoms with Gasteiger partial charge in [-0.05, 0) is 42.5 Å².